The van der Waals surface area contributed by atoms with Crippen LogP contribution < -0.4 is 9.47 Å². The summed E-state index contributed by atoms with van der Waals surface area (Å²) in [6.07, 6.45) is 4.28. The minimum atomic E-state index is -0.558. The third-order valence-corrected chi connectivity index (χ3v) is 14.1. The summed E-state index contributed by atoms with van der Waals surface area (Å²) in [5.41, 5.74) is 13.7. The zero-order valence-corrected chi connectivity index (χ0v) is 50.1. The Morgan fingerprint density at radius 1 is 0.408 bits per heavy atom. The second-order valence-corrected chi connectivity index (χ2v) is 26.6. The van der Waals surface area contributed by atoms with E-state index in [2.05, 4.69) is 136 Å². The Bertz CT molecular complexity index is 2910. The maximum atomic E-state index is 14.0. The molecule has 0 saturated carbocycles. The lowest BCUT2D eigenvalue weighted by Gasteiger charge is -2.26. The first-order valence-electron chi connectivity index (χ1n) is 27.2. The van der Waals surface area contributed by atoms with Crippen molar-refractivity contribution >= 4 is 11.9 Å². The third kappa shape index (κ3) is 15.0. The van der Waals surface area contributed by atoms with Crippen molar-refractivity contribution in [2.75, 3.05) is 0 Å². The largest absolute Gasteiger partial charge is 0.508 e. The molecule has 408 valence electrons. The molecule has 76 heavy (non-hydrogen) atoms. The van der Waals surface area contributed by atoms with Crippen LogP contribution in [0, 0.1) is 34.6 Å². The molecular weight excluding hydrogens is 941 g/mol. The average molecular weight is 1030 g/mol. The van der Waals surface area contributed by atoms with Gasteiger partial charge in [0.05, 0.1) is 11.1 Å². The molecule has 0 unspecified atom stereocenters. The Morgan fingerprint density at radius 2 is 0.724 bits per heavy atom. The quantitative estimate of drug-likeness (QED) is 0.0875. The van der Waals surface area contributed by atoms with Gasteiger partial charge in [0.15, 0.2) is 0 Å². The Hall–Kier alpha value is -6.34. The van der Waals surface area contributed by atoms with Crippen LogP contribution in [-0.4, -0.2) is 27.3 Å². The first-order chi connectivity index (χ1) is 34.9. The number of phenolic OH excluding ortho intramolecular Hbond substituents is 3. The van der Waals surface area contributed by atoms with Gasteiger partial charge in [0.2, 0.25) is 0 Å². The van der Waals surface area contributed by atoms with E-state index in [1.165, 1.54) is 24.0 Å². The summed E-state index contributed by atoms with van der Waals surface area (Å²) in [6, 6.07) is 26.6. The number of benzene rings is 6. The first-order valence-corrected chi connectivity index (χ1v) is 27.2. The van der Waals surface area contributed by atoms with Crippen LogP contribution in [0.3, 0.4) is 0 Å². The zero-order valence-electron chi connectivity index (χ0n) is 50.1. The lowest BCUT2D eigenvalue weighted by Crippen LogP contribution is -2.19. The van der Waals surface area contributed by atoms with Gasteiger partial charge in [-0.1, -0.05) is 194 Å². The number of unbranched alkanes of at least 4 members (excludes halogenated alkanes) is 1. The second kappa shape index (κ2) is 23.1. The van der Waals surface area contributed by atoms with Crippen molar-refractivity contribution in [2.24, 2.45) is 0 Å². The number of hydrogen-bond donors (Lipinski definition) is 3. The Morgan fingerprint density at radius 3 is 1.04 bits per heavy atom. The summed E-state index contributed by atoms with van der Waals surface area (Å²) >= 11 is 0. The second-order valence-electron chi connectivity index (χ2n) is 26.6. The molecule has 0 amide bonds. The first kappa shape index (κ1) is 60.5. The molecule has 7 heteroatoms. The van der Waals surface area contributed by atoms with Crippen molar-refractivity contribution in [3.63, 3.8) is 0 Å². The molecule has 0 heterocycles. The molecule has 0 radical (unpaired) electrons. The summed E-state index contributed by atoms with van der Waals surface area (Å²) in [5.74, 6) is 0.760. The van der Waals surface area contributed by atoms with Crippen molar-refractivity contribution in [1.29, 1.82) is 0 Å². The van der Waals surface area contributed by atoms with Crippen LogP contribution in [0.5, 0.6) is 28.7 Å². The molecule has 6 aromatic carbocycles. The van der Waals surface area contributed by atoms with Crippen LogP contribution in [0.1, 0.15) is 228 Å². The highest BCUT2D eigenvalue weighted by Crippen LogP contribution is 2.43. The third-order valence-electron chi connectivity index (χ3n) is 14.1. The van der Waals surface area contributed by atoms with Gasteiger partial charge in [0, 0.05) is 35.1 Å². The van der Waals surface area contributed by atoms with Crippen LogP contribution >= 0.6 is 0 Å². The van der Waals surface area contributed by atoms with Crippen molar-refractivity contribution in [3.05, 3.63) is 180 Å². The molecule has 0 spiro atoms. The van der Waals surface area contributed by atoms with Crippen LogP contribution in [-0.2, 0) is 46.3 Å². The standard InChI is InChI=1S/C54H66O6.C15H24O/c1-31-21-37(45(55)41(25-31)51(5,6)7)29-39-23-33(3)27-43(53(11,12)13)47(39)59-49(57)35-17-19-36(20-18-35)50(58)60-48-40(24-34(4)28-44(48)54(14,15)16)30-38-22-32(2)26-42(46(38)56)52(8,9)10;1-6-7-8-12-10-13(15(3,4)5)14(16)9-11(12)2/h17-28,55-56H,29-30H2,1-16H3;9-10,16H,6-8H2,1-5H3. The molecular formula is C69H90O7. The molecule has 0 saturated heterocycles. The van der Waals surface area contributed by atoms with Gasteiger partial charge in [-0.3, -0.25) is 0 Å². The topological polar surface area (TPSA) is 113 Å². The Labute approximate surface area is 457 Å². The number of aryl methyl sites for hydroxylation is 6. The Kier molecular flexibility index (Phi) is 18.4. The summed E-state index contributed by atoms with van der Waals surface area (Å²) < 4.78 is 12.6. The van der Waals surface area contributed by atoms with E-state index in [1.54, 1.807) is 24.3 Å². The fraction of sp³-hybridized carbons (Fsp3) is 0.449. The number of carbonyl (C=O) groups excluding carboxylic acids is 2. The van der Waals surface area contributed by atoms with E-state index in [0.717, 1.165) is 78.7 Å². The molecule has 0 bridgehead atoms. The van der Waals surface area contributed by atoms with Crippen LogP contribution in [0.25, 0.3) is 0 Å². The van der Waals surface area contributed by atoms with Crippen molar-refractivity contribution < 1.29 is 34.4 Å². The molecule has 0 aromatic heterocycles. The van der Waals surface area contributed by atoms with Gasteiger partial charge in [-0.15, -0.1) is 0 Å². The number of phenols is 3. The van der Waals surface area contributed by atoms with Crippen molar-refractivity contribution in [2.45, 2.75) is 205 Å². The molecule has 6 aromatic rings. The predicted octanol–water partition coefficient (Wildman–Crippen LogP) is 17.5. The van der Waals surface area contributed by atoms with Gasteiger partial charge in [0.1, 0.15) is 28.7 Å². The SMILES string of the molecule is CCCCc1cc(C(C)(C)C)c(O)cc1C.Cc1cc(Cc2cc(C)cc(C(C)(C)C)c2OC(=O)c2ccc(C(=O)Oc3c(Cc4cc(C)cc(C(C)(C)C)c4O)cc(C)cc3C(C)(C)C)cc2)c(O)c(C(C)(C)C)c1. The van der Waals surface area contributed by atoms with Crippen LogP contribution in [0.15, 0.2) is 84.9 Å². The molecule has 6 rings (SSSR count). The molecule has 7 nitrogen and oxygen atoms in total. The van der Waals surface area contributed by atoms with Gasteiger partial charge in [-0.05, 0) is 144 Å². The van der Waals surface area contributed by atoms with E-state index >= 15 is 0 Å². The molecule has 3 N–H and O–H groups in total. The maximum absolute atomic E-state index is 14.0. The van der Waals surface area contributed by atoms with E-state index < -0.39 is 11.9 Å². The summed E-state index contributed by atoms with van der Waals surface area (Å²) in [5, 5.41) is 32.9. The number of carbonyl (C=O) groups is 2. The van der Waals surface area contributed by atoms with Crippen LogP contribution in [0.4, 0.5) is 0 Å². The summed E-state index contributed by atoms with van der Waals surface area (Å²) in [4.78, 5) is 28.0. The molecule has 0 aliphatic carbocycles. The van der Waals surface area contributed by atoms with E-state index in [1.807, 2.05) is 70.2 Å². The van der Waals surface area contributed by atoms with E-state index in [9.17, 15) is 24.9 Å². The fourth-order valence-corrected chi connectivity index (χ4v) is 9.87. The van der Waals surface area contributed by atoms with E-state index in [-0.39, 0.29) is 49.7 Å². The molecule has 0 aliphatic heterocycles. The van der Waals surface area contributed by atoms with Crippen molar-refractivity contribution in [3.8, 4) is 28.7 Å². The molecule has 0 atom stereocenters. The predicted molar refractivity (Wildman–Crippen MR) is 315 cm³/mol. The van der Waals surface area contributed by atoms with Gasteiger partial charge in [0.25, 0.3) is 0 Å². The fourth-order valence-electron chi connectivity index (χ4n) is 9.87. The lowest BCUT2D eigenvalue weighted by atomic mass is 9.81. The number of aromatic hydroxyl groups is 3. The molecule has 0 aliphatic rings. The zero-order chi connectivity index (χ0) is 57.2. The minimum absolute atomic E-state index is 0.0126. The van der Waals surface area contributed by atoms with E-state index in [0.29, 0.717) is 30.1 Å². The van der Waals surface area contributed by atoms with E-state index in [4.69, 9.17) is 9.47 Å². The molecule has 0 fully saturated rings. The lowest BCUT2D eigenvalue weighted by molar-refractivity contribution is 0.0716. The number of hydrogen-bond acceptors (Lipinski definition) is 7. The van der Waals surface area contributed by atoms with Gasteiger partial charge >= 0.3 is 11.9 Å². The number of ether oxygens (including phenoxy) is 2. The number of esters is 2. The highest BCUT2D eigenvalue weighted by molar-refractivity contribution is 5.95. The minimum Gasteiger partial charge on any atom is -0.508 e. The van der Waals surface area contributed by atoms with Crippen LogP contribution in [0.2, 0.25) is 0 Å². The maximum Gasteiger partial charge on any atom is 0.343 e. The number of rotatable bonds is 11. The Balaban J connectivity index is 0.000000569. The van der Waals surface area contributed by atoms with Gasteiger partial charge in [-0.25, -0.2) is 9.59 Å². The highest BCUT2D eigenvalue weighted by atomic mass is 16.5. The smallest absolute Gasteiger partial charge is 0.343 e. The normalized spacial score (nSPS) is 12.3. The monoisotopic (exact) mass is 1030 g/mol. The highest BCUT2D eigenvalue weighted by Gasteiger charge is 2.30. The average Bonchev–Trinajstić information content (AvgIpc) is 3.28. The van der Waals surface area contributed by atoms with Gasteiger partial charge in [-0.2, -0.15) is 0 Å². The summed E-state index contributed by atoms with van der Waals surface area (Å²) in [6.45, 7) is 43.8. The summed E-state index contributed by atoms with van der Waals surface area (Å²) in [7, 11) is 0. The van der Waals surface area contributed by atoms with Crippen molar-refractivity contribution in [1.82, 2.24) is 0 Å². The van der Waals surface area contributed by atoms with Gasteiger partial charge < -0.3 is 24.8 Å².